The van der Waals surface area contributed by atoms with Crippen LogP contribution in [0.25, 0.3) is 10.6 Å². The Morgan fingerprint density at radius 1 is 1.17 bits per heavy atom. The van der Waals surface area contributed by atoms with Gasteiger partial charge in [-0.3, -0.25) is 0 Å². The van der Waals surface area contributed by atoms with E-state index in [9.17, 15) is 4.79 Å². The summed E-state index contributed by atoms with van der Waals surface area (Å²) in [5.41, 5.74) is 3.65. The van der Waals surface area contributed by atoms with Crippen LogP contribution in [-0.4, -0.2) is 11.0 Å². The Labute approximate surface area is 149 Å². The minimum atomic E-state index is -0.271. The van der Waals surface area contributed by atoms with E-state index in [0.717, 1.165) is 27.5 Å². The molecule has 0 aliphatic carbocycles. The third-order valence-electron chi connectivity index (χ3n) is 3.41. The quantitative estimate of drug-likeness (QED) is 0.683. The molecule has 4 nitrogen and oxygen atoms in total. The lowest BCUT2D eigenvalue weighted by Crippen LogP contribution is -2.28. The Hall–Kier alpha value is -2.37. The van der Waals surface area contributed by atoms with Crippen LogP contribution >= 0.6 is 22.9 Å². The Morgan fingerprint density at radius 3 is 2.58 bits per heavy atom. The Balaban J connectivity index is 1.57. The molecule has 0 aliphatic heterocycles. The van der Waals surface area contributed by atoms with Crippen molar-refractivity contribution in [3.8, 4) is 10.6 Å². The lowest BCUT2D eigenvalue weighted by atomic mass is 10.2. The zero-order valence-electron chi connectivity index (χ0n) is 13.0. The van der Waals surface area contributed by atoms with Crippen molar-refractivity contribution in [3.05, 3.63) is 70.2 Å². The molecule has 6 heteroatoms. The summed E-state index contributed by atoms with van der Waals surface area (Å²) >= 11 is 7.67. The molecule has 0 spiro atoms. The van der Waals surface area contributed by atoms with Gasteiger partial charge >= 0.3 is 6.03 Å². The van der Waals surface area contributed by atoms with Crippen molar-refractivity contribution in [1.82, 2.24) is 10.3 Å². The first-order valence-corrected chi connectivity index (χ1v) is 8.68. The summed E-state index contributed by atoms with van der Waals surface area (Å²) in [5.74, 6) is 0. The first kappa shape index (κ1) is 16.5. The maximum Gasteiger partial charge on any atom is 0.319 e. The van der Waals surface area contributed by atoms with Gasteiger partial charge in [-0.25, -0.2) is 9.78 Å². The molecule has 122 valence electrons. The third kappa shape index (κ3) is 4.13. The predicted molar refractivity (Wildman–Crippen MR) is 99.6 cm³/mol. The third-order valence-corrected chi connectivity index (χ3v) is 4.78. The standard InChI is InChI=1S/C18H16ClN3OS/c1-12-11-24-17(21-12)13-6-8-15(9-7-13)22-18(23)20-10-14-4-2-3-5-16(14)19/h2-9,11H,10H2,1H3,(H2,20,22,23). The van der Waals surface area contributed by atoms with Gasteiger partial charge in [0.2, 0.25) is 0 Å². The van der Waals surface area contributed by atoms with Crippen LogP contribution in [0.2, 0.25) is 5.02 Å². The number of nitrogens with one attached hydrogen (secondary N) is 2. The van der Waals surface area contributed by atoms with Crippen molar-refractivity contribution in [2.75, 3.05) is 5.32 Å². The van der Waals surface area contributed by atoms with Crippen molar-refractivity contribution >= 4 is 34.7 Å². The summed E-state index contributed by atoms with van der Waals surface area (Å²) in [4.78, 5) is 16.4. The van der Waals surface area contributed by atoms with Crippen molar-refractivity contribution in [2.24, 2.45) is 0 Å². The number of hydrogen-bond donors (Lipinski definition) is 2. The second-order valence-corrected chi connectivity index (χ2v) is 6.54. The normalized spacial score (nSPS) is 10.4. The van der Waals surface area contributed by atoms with Gasteiger partial charge < -0.3 is 10.6 Å². The van der Waals surface area contributed by atoms with E-state index in [4.69, 9.17) is 11.6 Å². The van der Waals surface area contributed by atoms with E-state index in [0.29, 0.717) is 11.6 Å². The van der Waals surface area contributed by atoms with Crippen molar-refractivity contribution < 1.29 is 4.79 Å². The Bertz CT molecular complexity index is 845. The summed E-state index contributed by atoms with van der Waals surface area (Å²) in [5, 5.41) is 9.23. The van der Waals surface area contributed by atoms with E-state index >= 15 is 0 Å². The number of anilines is 1. The van der Waals surface area contributed by atoms with E-state index in [1.54, 1.807) is 17.4 Å². The molecule has 2 N–H and O–H groups in total. The molecule has 0 saturated carbocycles. The van der Waals surface area contributed by atoms with Crippen LogP contribution in [0.3, 0.4) is 0 Å². The summed E-state index contributed by atoms with van der Waals surface area (Å²) in [7, 11) is 0. The van der Waals surface area contributed by atoms with Gasteiger partial charge in [-0.1, -0.05) is 29.8 Å². The highest BCUT2D eigenvalue weighted by atomic mass is 35.5. The molecule has 0 aliphatic rings. The molecule has 2 aromatic carbocycles. The smallest absolute Gasteiger partial charge is 0.319 e. The van der Waals surface area contributed by atoms with Crippen LogP contribution in [0.5, 0.6) is 0 Å². The van der Waals surface area contributed by atoms with E-state index < -0.39 is 0 Å². The Kier molecular flexibility index (Phi) is 5.13. The molecular formula is C18H16ClN3OS. The molecule has 24 heavy (non-hydrogen) atoms. The maximum absolute atomic E-state index is 12.0. The van der Waals surface area contributed by atoms with Crippen molar-refractivity contribution in [1.29, 1.82) is 0 Å². The minimum Gasteiger partial charge on any atom is -0.334 e. The number of aryl methyl sites for hydroxylation is 1. The summed E-state index contributed by atoms with van der Waals surface area (Å²) < 4.78 is 0. The fourth-order valence-electron chi connectivity index (χ4n) is 2.18. The average Bonchev–Trinajstić information content (AvgIpc) is 3.01. The SMILES string of the molecule is Cc1csc(-c2ccc(NC(=O)NCc3ccccc3Cl)cc2)n1. The molecule has 0 fully saturated rings. The first-order valence-electron chi connectivity index (χ1n) is 7.42. The zero-order chi connectivity index (χ0) is 16.9. The number of hydrogen-bond acceptors (Lipinski definition) is 3. The van der Waals surface area contributed by atoms with Gasteiger partial charge in [0.05, 0.1) is 0 Å². The molecule has 1 heterocycles. The number of halogens is 1. The number of nitrogens with zero attached hydrogens (tertiary/aromatic N) is 1. The maximum atomic E-state index is 12.0. The zero-order valence-corrected chi connectivity index (χ0v) is 14.6. The van der Waals surface area contributed by atoms with Crippen LogP contribution in [-0.2, 0) is 6.54 Å². The summed E-state index contributed by atoms with van der Waals surface area (Å²) in [6, 6.07) is 14.8. The monoisotopic (exact) mass is 357 g/mol. The molecule has 2 amide bonds. The van der Waals surface area contributed by atoms with Gasteiger partial charge in [0.1, 0.15) is 5.01 Å². The molecule has 0 atom stereocenters. The largest absolute Gasteiger partial charge is 0.334 e. The van der Waals surface area contributed by atoms with E-state index in [2.05, 4.69) is 15.6 Å². The van der Waals surface area contributed by atoms with Crippen LogP contribution in [0.1, 0.15) is 11.3 Å². The van der Waals surface area contributed by atoms with Crippen molar-refractivity contribution in [3.63, 3.8) is 0 Å². The second kappa shape index (κ2) is 7.47. The molecule has 3 rings (SSSR count). The molecule has 1 aromatic heterocycles. The highest BCUT2D eigenvalue weighted by Gasteiger charge is 2.06. The van der Waals surface area contributed by atoms with Crippen LogP contribution in [0.4, 0.5) is 10.5 Å². The van der Waals surface area contributed by atoms with Gasteiger partial charge in [0.15, 0.2) is 0 Å². The first-order chi connectivity index (χ1) is 11.6. The molecule has 0 unspecified atom stereocenters. The van der Waals surface area contributed by atoms with Crippen LogP contribution < -0.4 is 10.6 Å². The lowest BCUT2D eigenvalue weighted by molar-refractivity contribution is 0.251. The fourth-order valence-corrected chi connectivity index (χ4v) is 3.18. The number of rotatable bonds is 4. The predicted octanol–water partition coefficient (Wildman–Crippen LogP) is 5.09. The van der Waals surface area contributed by atoms with E-state index in [-0.39, 0.29) is 6.03 Å². The average molecular weight is 358 g/mol. The highest BCUT2D eigenvalue weighted by molar-refractivity contribution is 7.13. The minimum absolute atomic E-state index is 0.271. The van der Waals surface area contributed by atoms with Gasteiger partial charge in [-0.2, -0.15) is 0 Å². The van der Waals surface area contributed by atoms with Gasteiger partial charge in [0, 0.05) is 33.9 Å². The van der Waals surface area contributed by atoms with Gasteiger partial charge in [-0.05, 0) is 42.8 Å². The number of amides is 2. The number of carbonyl (C=O) groups excluding carboxylic acids is 1. The Morgan fingerprint density at radius 2 is 1.92 bits per heavy atom. The lowest BCUT2D eigenvalue weighted by Gasteiger charge is -2.09. The topological polar surface area (TPSA) is 54.0 Å². The van der Waals surface area contributed by atoms with E-state index in [1.165, 1.54) is 0 Å². The fraction of sp³-hybridized carbons (Fsp3) is 0.111. The molecule has 0 saturated heterocycles. The van der Waals surface area contributed by atoms with Crippen molar-refractivity contribution in [2.45, 2.75) is 13.5 Å². The number of urea groups is 1. The van der Waals surface area contributed by atoms with Gasteiger partial charge in [-0.15, -0.1) is 11.3 Å². The molecule has 3 aromatic rings. The second-order valence-electron chi connectivity index (χ2n) is 5.27. The van der Waals surface area contributed by atoms with E-state index in [1.807, 2.05) is 54.8 Å². The van der Waals surface area contributed by atoms with Crippen LogP contribution in [0, 0.1) is 6.92 Å². The molecule has 0 bridgehead atoms. The summed E-state index contributed by atoms with van der Waals surface area (Å²) in [6.07, 6.45) is 0. The number of benzene rings is 2. The number of aromatic nitrogens is 1. The molecular weight excluding hydrogens is 342 g/mol. The molecule has 0 radical (unpaired) electrons. The number of carbonyl (C=O) groups is 1. The van der Waals surface area contributed by atoms with Crippen LogP contribution in [0.15, 0.2) is 53.9 Å². The van der Waals surface area contributed by atoms with Gasteiger partial charge in [0.25, 0.3) is 0 Å². The number of thiazole rings is 1. The highest BCUT2D eigenvalue weighted by Crippen LogP contribution is 2.24. The summed E-state index contributed by atoms with van der Waals surface area (Å²) in [6.45, 7) is 2.35.